The van der Waals surface area contributed by atoms with Crippen LogP contribution in [0.1, 0.15) is 34.1 Å². The predicted molar refractivity (Wildman–Crippen MR) is 59.6 cm³/mol. The largest absolute Gasteiger partial charge is 0.481 e. The van der Waals surface area contributed by atoms with Gasteiger partial charge in [0.2, 0.25) is 10.0 Å². The van der Waals surface area contributed by atoms with Gasteiger partial charge in [0, 0.05) is 6.54 Å². The Hall–Kier alpha value is -0.660. The van der Waals surface area contributed by atoms with Crippen molar-refractivity contribution in [2.75, 3.05) is 6.54 Å². The molecule has 1 atom stereocenters. The maximum Gasteiger partial charge on any atom is 0.306 e. The Morgan fingerprint density at radius 1 is 1.25 bits per heavy atom. The van der Waals surface area contributed by atoms with Crippen molar-refractivity contribution in [1.82, 2.24) is 4.72 Å². The molecule has 0 aliphatic carbocycles. The molecule has 96 valence electrons. The van der Waals surface area contributed by atoms with Crippen LogP contribution in [0, 0.1) is 0 Å². The van der Waals surface area contributed by atoms with Gasteiger partial charge in [-0.05, 0) is 27.7 Å². The van der Waals surface area contributed by atoms with Gasteiger partial charge in [-0.3, -0.25) is 4.79 Å². The summed E-state index contributed by atoms with van der Waals surface area (Å²) in [5.74, 6) is -1.18. The molecule has 0 saturated carbocycles. The quantitative estimate of drug-likeness (QED) is 0.636. The number of sulfonamides is 1. The van der Waals surface area contributed by atoms with Crippen molar-refractivity contribution >= 4 is 16.0 Å². The van der Waals surface area contributed by atoms with E-state index in [4.69, 9.17) is 5.11 Å². The number of carbonyl (C=O) groups is 1. The maximum atomic E-state index is 11.6. The molecule has 16 heavy (non-hydrogen) atoms. The summed E-state index contributed by atoms with van der Waals surface area (Å²) in [6, 6.07) is 0. The number of nitrogens with one attached hydrogen (secondary N) is 1. The predicted octanol–water partition coefficient (Wildman–Crippen LogP) is -0.0700. The Bertz CT molecular complexity index is 353. The summed E-state index contributed by atoms with van der Waals surface area (Å²) in [6.07, 6.45) is -0.514. The van der Waals surface area contributed by atoms with E-state index in [1.54, 1.807) is 0 Å². The lowest BCUT2D eigenvalue weighted by Crippen LogP contribution is -2.47. The second-order valence-electron chi connectivity index (χ2n) is 5.00. The third-order valence-corrected chi connectivity index (χ3v) is 4.12. The van der Waals surface area contributed by atoms with Crippen molar-refractivity contribution in [2.24, 2.45) is 0 Å². The number of aliphatic hydroxyl groups is 1. The van der Waals surface area contributed by atoms with Gasteiger partial charge in [-0.25, -0.2) is 13.1 Å². The summed E-state index contributed by atoms with van der Waals surface area (Å²) in [6.45, 7) is 5.49. The van der Waals surface area contributed by atoms with E-state index < -0.39 is 32.8 Å². The first kappa shape index (κ1) is 15.3. The van der Waals surface area contributed by atoms with E-state index in [0.717, 1.165) is 0 Å². The topological polar surface area (TPSA) is 104 Å². The summed E-state index contributed by atoms with van der Waals surface area (Å²) in [5, 5.41) is 18.1. The molecule has 0 bridgehead atoms. The molecule has 0 rings (SSSR count). The Morgan fingerprint density at radius 2 is 1.69 bits per heavy atom. The molecule has 7 heteroatoms. The van der Waals surface area contributed by atoms with Crippen molar-refractivity contribution in [3.63, 3.8) is 0 Å². The SMILES string of the molecule is CC(O)(CNS(=O)(=O)C(C)(C)C)CC(=O)O. The van der Waals surface area contributed by atoms with E-state index in [0.29, 0.717) is 0 Å². The van der Waals surface area contributed by atoms with Gasteiger partial charge in [-0.2, -0.15) is 0 Å². The molecule has 0 aliphatic heterocycles. The molecule has 0 saturated heterocycles. The molecule has 6 nitrogen and oxygen atoms in total. The summed E-state index contributed by atoms with van der Waals surface area (Å²) in [5.41, 5.74) is -1.59. The van der Waals surface area contributed by atoms with Gasteiger partial charge < -0.3 is 10.2 Å². The third-order valence-electron chi connectivity index (χ3n) is 1.98. The van der Waals surface area contributed by atoms with E-state index in [1.165, 1.54) is 27.7 Å². The van der Waals surface area contributed by atoms with E-state index in [2.05, 4.69) is 4.72 Å². The van der Waals surface area contributed by atoms with Crippen LogP contribution in [0.15, 0.2) is 0 Å². The molecule has 0 heterocycles. The minimum atomic E-state index is -3.57. The van der Waals surface area contributed by atoms with E-state index in [1.807, 2.05) is 0 Å². The minimum absolute atomic E-state index is 0.321. The molecule has 0 amide bonds. The maximum absolute atomic E-state index is 11.6. The van der Waals surface area contributed by atoms with Crippen LogP contribution < -0.4 is 4.72 Å². The highest BCUT2D eigenvalue weighted by molar-refractivity contribution is 7.90. The number of hydrogen-bond acceptors (Lipinski definition) is 4. The second-order valence-corrected chi connectivity index (χ2v) is 7.52. The average Bonchev–Trinajstić information content (AvgIpc) is 1.96. The van der Waals surface area contributed by atoms with Crippen LogP contribution in [0.2, 0.25) is 0 Å². The van der Waals surface area contributed by atoms with Crippen molar-refractivity contribution in [3.8, 4) is 0 Å². The number of carboxylic acids is 1. The third kappa shape index (κ3) is 4.91. The molecule has 0 aromatic rings. The standard InChI is InChI=1S/C9H19NO5S/c1-8(2,3)16(14,15)10-6-9(4,13)5-7(11)12/h10,13H,5-6H2,1-4H3,(H,11,12). The molecule has 0 aromatic heterocycles. The Kier molecular flexibility index (Phi) is 4.49. The van der Waals surface area contributed by atoms with Gasteiger partial charge in [-0.1, -0.05) is 0 Å². The second kappa shape index (κ2) is 4.68. The Morgan fingerprint density at radius 3 is 2.00 bits per heavy atom. The van der Waals surface area contributed by atoms with Gasteiger partial charge in [-0.15, -0.1) is 0 Å². The van der Waals surface area contributed by atoms with Crippen molar-refractivity contribution < 1.29 is 23.4 Å². The van der Waals surface area contributed by atoms with Crippen LogP contribution in [-0.4, -0.2) is 41.5 Å². The smallest absolute Gasteiger partial charge is 0.306 e. The molecule has 0 aliphatic rings. The van der Waals surface area contributed by atoms with Crippen LogP contribution in [-0.2, 0) is 14.8 Å². The van der Waals surface area contributed by atoms with Gasteiger partial charge in [0.15, 0.2) is 0 Å². The van der Waals surface area contributed by atoms with Gasteiger partial charge in [0.1, 0.15) is 0 Å². The highest BCUT2D eigenvalue weighted by Gasteiger charge is 2.32. The Labute approximate surface area is 95.7 Å². The highest BCUT2D eigenvalue weighted by atomic mass is 32.2. The highest BCUT2D eigenvalue weighted by Crippen LogP contribution is 2.15. The number of carboxylic acid groups (broad SMARTS) is 1. The van der Waals surface area contributed by atoms with Gasteiger partial charge >= 0.3 is 5.97 Å². The monoisotopic (exact) mass is 253 g/mol. The molecular formula is C9H19NO5S. The molecule has 0 spiro atoms. The summed E-state index contributed by atoms with van der Waals surface area (Å²) in [4.78, 5) is 10.4. The Balaban J connectivity index is 4.53. The summed E-state index contributed by atoms with van der Waals surface area (Å²) < 4.78 is 24.4. The van der Waals surface area contributed by atoms with E-state index in [-0.39, 0.29) is 6.54 Å². The fraction of sp³-hybridized carbons (Fsp3) is 0.889. The lowest BCUT2D eigenvalue weighted by atomic mass is 10.0. The minimum Gasteiger partial charge on any atom is -0.481 e. The molecule has 0 radical (unpaired) electrons. The number of hydrogen-bond donors (Lipinski definition) is 3. The van der Waals surface area contributed by atoms with Gasteiger partial charge in [0.05, 0.1) is 16.8 Å². The zero-order chi connectivity index (χ0) is 13.2. The van der Waals surface area contributed by atoms with Crippen LogP contribution in [0.3, 0.4) is 0 Å². The lowest BCUT2D eigenvalue weighted by molar-refractivity contribution is -0.141. The first-order chi connectivity index (χ1) is 6.87. The van der Waals surface area contributed by atoms with E-state index >= 15 is 0 Å². The number of rotatable bonds is 5. The number of aliphatic carboxylic acids is 1. The molecule has 0 aromatic carbocycles. The van der Waals surface area contributed by atoms with E-state index in [9.17, 15) is 18.3 Å². The van der Waals surface area contributed by atoms with Crippen molar-refractivity contribution in [2.45, 2.75) is 44.5 Å². The molecule has 1 unspecified atom stereocenters. The summed E-state index contributed by atoms with van der Waals surface area (Å²) in [7, 11) is -3.57. The van der Waals surface area contributed by atoms with Crippen LogP contribution in [0.25, 0.3) is 0 Å². The first-order valence-electron chi connectivity index (χ1n) is 4.81. The lowest BCUT2D eigenvalue weighted by Gasteiger charge is -2.25. The molecular weight excluding hydrogens is 234 g/mol. The normalized spacial score (nSPS) is 16.8. The van der Waals surface area contributed by atoms with Gasteiger partial charge in [0.25, 0.3) is 0 Å². The van der Waals surface area contributed by atoms with Crippen LogP contribution in [0.4, 0.5) is 0 Å². The van der Waals surface area contributed by atoms with Crippen LogP contribution in [0.5, 0.6) is 0 Å². The fourth-order valence-electron chi connectivity index (χ4n) is 0.855. The molecule has 3 N–H and O–H groups in total. The zero-order valence-corrected chi connectivity index (χ0v) is 10.8. The van der Waals surface area contributed by atoms with Crippen molar-refractivity contribution in [3.05, 3.63) is 0 Å². The summed E-state index contributed by atoms with van der Waals surface area (Å²) >= 11 is 0. The fourth-order valence-corrected chi connectivity index (χ4v) is 1.79. The van der Waals surface area contributed by atoms with Crippen molar-refractivity contribution in [1.29, 1.82) is 0 Å². The molecule has 0 fully saturated rings. The first-order valence-corrected chi connectivity index (χ1v) is 6.29. The zero-order valence-electron chi connectivity index (χ0n) is 9.94. The van der Waals surface area contributed by atoms with Crippen LogP contribution >= 0.6 is 0 Å². The average molecular weight is 253 g/mol.